The first kappa shape index (κ1) is 23.7. The second-order valence-electron chi connectivity index (χ2n) is 10.1. The van der Waals surface area contributed by atoms with Gasteiger partial charge in [0.1, 0.15) is 0 Å². The van der Waals surface area contributed by atoms with Crippen LogP contribution < -0.4 is 0 Å². The van der Waals surface area contributed by atoms with Crippen LogP contribution >= 0.6 is 11.6 Å². The lowest BCUT2D eigenvalue weighted by molar-refractivity contribution is 0.153. The summed E-state index contributed by atoms with van der Waals surface area (Å²) in [5, 5.41) is 0.899. The Bertz CT molecular complexity index is 678. The summed E-state index contributed by atoms with van der Waals surface area (Å²) >= 11 is 6.51. The topological polar surface area (TPSA) is 0 Å². The summed E-state index contributed by atoms with van der Waals surface area (Å²) in [6.45, 7) is 4.57. The van der Waals surface area contributed by atoms with Crippen LogP contribution in [0.3, 0.4) is 0 Å². The van der Waals surface area contributed by atoms with Crippen LogP contribution in [0.5, 0.6) is 0 Å². The number of benzene rings is 1. The van der Waals surface area contributed by atoms with Gasteiger partial charge in [-0.1, -0.05) is 88.3 Å². The van der Waals surface area contributed by atoms with Crippen LogP contribution in [-0.4, -0.2) is 0 Å². The van der Waals surface area contributed by atoms with Gasteiger partial charge in [0.25, 0.3) is 0 Å². The van der Waals surface area contributed by atoms with Gasteiger partial charge in [0, 0.05) is 16.5 Å². The van der Waals surface area contributed by atoms with Crippen molar-refractivity contribution < 1.29 is 0 Å². The number of aryl methyl sites for hydroxylation is 1. The van der Waals surface area contributed by atoms with E-state index in [9.17, 15) is 0 Å². The maximum atomic E-state index is 6.51. The van der Waals surface area contributed by atoms with Gasteiger partial charge in [-0.05, 0) is 86.8 Å². The average Bonchev–Trinajstić information content (AvgIpc) is 2.78. The molecule has 0 bridgehead atoms. The number of rotatable bonds is 8. The molecule has 1 heteroatoms. The van der Waals surface area contributed by atoms with Gasteiger partial charge < -0.3 is 0 Å². The molecule has 0 atom stereocenters. The Morgan fingerprint density at radius 2 is 1.50 bits per heavy atom. The molecule has 1 aromatic rings. The van der Waals surface area contributed by atoms with Crippen molar-refractivity contribution in [2.45, 2.75) is 110 Å². The maximum absolute atomic E-state index is 6.51. The second kappa shape index (κ2) is 12.8. The third-order valence-corrected chi connectivity index (χ3v) is 8.17. The summed E-state index contributed by atoms with van der Waals surface area (Å²) in [6, 6.07) is 6.44. The van der Waals surface area contributed by atoms with Gasteiger partial charge in [-0.2, -0.15) is 0 Å². The smallest absolute Gasteiger partial charge is 0.0450 e. The largest absolute Gasteiger partial charge is 0.0945 e. The molecule has 30 heavy (non-hydrogen) atoms. The van der Waals surface area contributed by atoms with Crippen LogP contribution in [0.2, 0.25) is 5.02 Å². The Kier molecular flexibility index (Phi) is 10.1. The molecule has 1 aromatic carbocycles. The highest BCUT2D eigenvalue weighted by molar-refractivity contribution is 6.31. The molecule has 0 spiro atoms. The molecule has 0 unspecified atom stereocenters. The van der Waals surface area contributed by atoms with Crippen molar-refractivity contribution in [2.24, 2.45) is 23.7 Å². The van der Waals surface area contributed by atoms with E-state index in [0.29, 0.717) is 5.92 Å². The quantitative estimate of drug-likeness (QED) is 0.287. The van der Waals surface area contributed by atoms with Crippen LogP contribution in [0.1, 0.15) is 115 Å². The average molecular weight is 427 g/mol. The van der Waals surface area contributed by atoms with Crippen molar-refractivity contribution >= 4 is 11.6 Å². The van der Waals surface area contributed by atoms with Gasteiger partial charge in [-0.15, -0.1) is 0 Å². The molecule has 0 aliphatic heterocycles. The number of unbranched alkanes of at least 4 members (excludes halogenated alkanes) is 3. The maximum Gasteiger partial charge on any atom is 0.0450 e. The van der Waals surface area contributed by atoms with E-state index < -0.39 is 0 Å². The van der Waals surface area contributed by atoms with Gasteiger partial charge in [-0.3, -0.25) is 0 Å². The Balaban J connectivity index is 1.42. The molecular formula is C29H43Cl. The first-order chi connectivity index (χ1) is 14.7. The third-order valence-electron chi connectivity index (χ3n) is 7.82. The van der Waals surface area contributed by atoms with Crippen molar-refractivity contribution in [1.82, 2.24) is 0 Å². The minimum Gasteiger partial charge on any atom is -0.0945 e. The molecule has 2 aliphatic carbocycles. The minimum absolute atomic E-state index is 0.588. The Hall–Kier alpha value is -0.930. The van der Waals surface area contributed by atoms with Crippen LogP contribution in [0, 0.1) is 35.5 Å². The van der Waals surface area contributed by atoms with E-state index >= 15 is 0 Å². The zero-order valence-corrected chi connectivity index (χ0v) is 20.3. The molecule has 0 N–H and O–H groups in total. The van der Waals surface area contributed by atoms with Gasteiger partial charge in [0.15, 0.2) is 0 Å². The van der Waals surface area contributed by atoms with Crippen LogP contribution in [0.25, 0.3) is 0 Å². The highest BCUT2D eigenvalue weighted by Crippen LogP contribution is 2.42. The van der Waals surface area contributed by atoms with Crippen molar-refractivity contribution in [3.05, 3.63) is 34.3 Å². The normalized spacial score (nSPS) is 26.8. The van der Waals surface area contributed by atoms with E-state index in [2.05, 4.69) is 43.9 Å². The lowest BCUT2D eigenvalue weighted by Gasteiger charge is -2.37. The Labute approximate surface area is 191 Å². The standard InChI is InChI=1S/C29H43Cl/c1-3-5-7-9-28-21-16-25(22-29(28)30)11-10-24-14-19-27(20-15-24)26-17-12-23(13-18-26)8-6-4-2/h16,21-24,26-27H,3-9,12-15,17-20H2,1-2H3/t23-,24?,26-,27?. The van der Waals surface area contributed by atoms with Crippen molar-refractivity contribution in [3.8, 4) is 11.8 Å². The summed E-state index contributed by atoms with van der Waals surface area (Å²) in [6.07, 6.45) is 20.5. The summed E-state index contributed by atoms with van der Waals surface area (Å²) in [7, 11) is 0. The highest BCUT2D eigenvalue weighted by atomic mass is 35.5. The monoisotopic (exact) mass is 426 g/mol. The lowest BCUT2D eigenvalue weighted by atomic mass is 9.69. The number of hydrogen-bond acceptors (Lipinski definition) is 0. The van der Waals surface area contributed by atoms with Crippen molar-refractivity contribution in [2.75, 3.05) is 0 Å². The van der Waals surface area contributed by atoms with Crippen molar-refractivity contribution in [3.63, 3.8) is 0 Å². The fourth-order valence-electron chi connectivity index (χ4n) is 5.75. The second-order valence-corrected chi connectivity index (χ2v) is 10.5. The fourth-order valence-corrected chi connectivity index (χ4v) is 6.03. The van der Waals surface area contributed by atoms with E-state index in [1.165, 1.54) is 95.5 Å². The summed E-state index contributed by atoms with van der Waals surface area (Å²) < 4.78 is 0. The molecule has 0 heterocycles. The van der Waals surface area contributed by atoms with Gasteiger partial charge in [0.05, 0.1) is 0 Å². The Morgan fingerprint density at radius 3 is 2.13 bits per heavy atom. The fraction of sp³-hybridized carbons (Fsp3) is 0.724. The third kappa shape index (κ3) is 7.34. The zero-order valence-electron chi connectivity index (χ0n) is 19.5. The summed E-state index contributed by atoms with van der Waals surface area (Å²) in [4.78, 5) is 0. The molecule has 3 rings (SSSR count). The van der Waals surface area contributed by atoms with Gasteiger partial charge >= 0.3 is 0 Å². The molecule has 0 radical (unpaired) electrons. The van der Waals surface area contributed by atoms with E-state index in [1.54, 1.807) is 0 Å². The Morgan fingerprint density at radius 1 is 0.833 bits per heavy atom. The van der Waals surface area contributed by atoms with Crippen molar-refractivity contribution in [1.29, 1.82) is 0 Å². The molecule has 0 amide bonds. The van der Waals surface area contributed by atoms with Crippen LogP contribution in [0.15, 0.2) is 18.2 Å². The highest BCUT2D eigenvalue weighted by Gasteiger charge is 2.30. The van der Waals surface area contributed by atoms with Crippen LogP contribution in [0.4, 0.5) is 0 Å². The molecule has 166 valence electrons. The first-order valence-electron chi connectivity index (χ1n) is 13.0. The molecular weight excluding hydrogens is 384 g/mol. The van der Waals surface area contributed by atoms with E-state index in [4.69, 9.17) is 11.6 Å². The molecule has 0 nitrogen and oxygen atoms in total. The van der Waals surface area contributed by atoms with E-state index in [0.717, 1.165) is 34.8 Å². The molecule has 0 saturated heterocycles. The predicted molar refractivity (Wildman–Crippen MR) is 132 cm³/mol. The molecule has 0 aromatic heterocycles. The summed E-state index contributed by atoms with van der Waals surface area (Å²) in [5.41, 5.74) is 2.37. The van der Waals surface area contributed by atoms with Gasteiger partial charge in [0.2, 0.25) is 0 Å². The zero-order chi connectivity index (χ0) is 21.2. The minimum atomic E-state index is 0.588. The molecule has 2 aliphatic rings. The van der Waals surface area contributed by atoms with Gasteiger partial charge in [-0.25, -0.2) is 0 Å². The number of halogens is 1. The van der Waals surface area contributed by atoms with E-state index in [1.807, 2.05) is 0 Å². The first-order valence-corrected chi connectivity index (χ1v) is 13.4. The molecule has 2 saturated carbocycles. The van der Waals surface area contributed by atoms with Crippen LogP contribution in [-0.2, 0) is 6.42 Å². The summed E-state index contributed by atoms with van der Waals surface area (Å²) in [5.74, 6) is 10.6. The van der Waals surface area contributed by atoms with E-state index in [-0.39, 0.29) is 0 Å². The predicted octanol–water partition coefficient (Wildman–Crippen LogP) is 9.23. The number of hydrogen-bond donors (Lipinski definition) is 0. The lowest BCUT2D eigenvalue weighted by Crippen LogP contribution is -2.25. The molecule has 2 fully saturated rings. The SMILES string of the molecule is CCCCCc1ccc(C#CC2CCC([C@H]3CC[C@H](CCCC)CC3)CC2)cc1Cl.